The molecule has 0 aliphatic carbocycles. The molecule has 0 aromatic heterocycles. The van der Waals surface area contributed by atoms with Gasteiger partial charge in [0.2, 0.25) is 0 Å². The Bertz CT molecular complexity index is 490. The molecule has 1 aromatic rings. The number of fused-ring (bicyclic) bond motifs is 1. The van der Waals surface area contributed by atoms with E-state index in [1.54, 1.807) is 5.56 Å². The summed E-state index contributed by atoms with van der Waals surface area (Å²) in [5.74, 6) is 0.641. The maximum atomic E-state index is 3.53. The lowest BCUT2D eigenvalue weighted by molar-refractivity contribution is 0.373. The topological polar surface area (TPSA) is 15.3 Å². The van der Waals surface area contributed by atoms with Crippen molar-refractivity contribution in [3.8, 4) is 0 Å². The molecule has 1 aromatic carbocycles. The largest absolute Gasteiger partial charge is 0.366 e. The molecule has 0 fully saturated rings. The first-order valence-electron chi connectivity index (χ1n) is 8.99. The van der Waals surface area contributed by atoms with Crippen LogP contribution >= 0.6 is 0 Å². The van der Waals surface area contributed by atoms with Crippen LogP contribution in [0.3, 0.4) is 0 Å². The van der Waals surface area contributed by atoms with Gasteiger partial charge in [0.1, 0.15) is 0 Å². The first-order valence-corrected chi connectivity index (χ1v) is 8.99. The zero-order chi connectivity index (χ0) is 16.3. The number of hydrogen-bond acceptors (Lipinski definition) is 2. The van der Waals surface area contributed by atoms with E-state index in [0.29, 0.717) is 12.0 Å². The van der Waals surface area contributed by atoms with Gasteiger partial charge >= 0.3 is 0 Å². The number of anilines is 1. The minimum absolute atomic E-state index is 0.263. The minimum Gasteiger partial charge on any atom is -0.366 e. The summed E-state index contributed by atoms with van der Waals surface area (Å²) in [5.41, 5.74) is 4.68. The second-order valence-corrected chi connectivity index (χ2v) is 7.85. The van der Waals surface area contributed by atoms with Gasteiger partial charge in [-0.15, -0.1) is 0 Å². The van der Waals surface area contributed by atoms with Crippen LogP contribution in [0.2, 0.25) is 0 Å². The van der Waals surface area contributed by atoms with Crippen molar-refractivity contribution in [1.29, 1.82) is 0 Å². The molecule has 0 amide bonds. The molecule has 1 heterocycles. The average molecular weight is 303 g/mol. The van der Waals surface area contributed by atoms with Gasteiger partial charge in [-0.05, 0) is 49.8 Å². The fourth-order valence-electron chi connectivity index (χ4n) is 3.71. The van der Waals surface area contributed by atoms with Gasteiger partial charge in [0, 0.05) is 30.4 Å². The minimum atomic E-state index is 0.263. The fraction of sp³-hybridized carbons (Fsp3) is 0.700. The van der Waals surface area contributed by atoms with Gasteiger partial charge in [0.05, 0.1) is 0 Å². The molecule has 2 heteroatoms. The van der Waals surface area contributed by atoms with Crippen molar-refractivity contribution in [3.63, 3.8) is 0 Å². The Morgan fingerprint density at radius 1 is 1.32 bits per heavy atom. The van der Waals surface area contributed by atoms with E-state index in [1.165, 1.54) is 37.1 Å². The van der Waals surface area contributed by atoms with Crippen LogP contribution in [0.15, 0.2) is 18.2 Å². The van der Waals surface area contributed by atoms with E-state index in [1.807, 2.05) is 0 Å². The molecule has 0 bridgehead atoms. The summed E-state index contributed by atoms with van der Waals surface area (Å²) in [6.45, 7) is 16.0. The Labute approximate surface area is 137 Å². The third kappa shape index (κ3) is 3.84. The Morgan fingerprint density at radius 2 is 2.05 bits per heavy atom. The van der Waals surface area contributed by atoms with Crippen molar-refractivity contribution in [3.05, 3.63) is 29.3 Å². The van der Waals surface area contributed by atoms with Gasteiger partial charge in [-0.2, -0.15) is 0 Å². The van der Waals surface area contributed by atoms with E-state index in [0.717, 1.165) is 6.54 Å². The van der Waals surface area contributed by atoms with Crippen molar-refractivity contribution in [2.24, 2.45) is 0 Å². The molecule has 0 radical (unpaired) electrons. The first kappa shape index (κ1) is 17.3. The molecule has 0 spiro atoms. The van der Waals surface area contributed by atoms with Crippen molar-refractivity contribution in [2.45, 2.75) is 84.8 Å². The summed E-state index contributed by atoms with van der Waals surface area (Å²) in [7, 11) is 0. The lowest BCUT2D eigenvalue weighted by atomic mass is 9.79. The van der Waals surface area contributed by atoms with Gasteiger partial charge < -0.3 is 10.2 Å². The number of nitrogens with zero attached hydrogens (tertiary/aromatic N) is 1. The van der Waals surface area contributed by atoms with Crippen LogP contribution < -0.4 is 10.2 Å². The fourth-order valence-corrected chi connectivity index (χ4v) is 3.71. The molecule has 2 rings (SSSR count). The molecule has 1 aliphatic heterocycles. The van der Waals surface area contributed by atoms with E-state index in [2.05, 4.69) is 70.0 Å². The van der Waals surface area contributed by atoms with E-state index in [9.17, 15) is 0 Å². The van der Waals surface area contributed by atoms with Crippen molar-refractivity contribution in [1.82, 2.24) is 5.32 Å². The molecule has 0 saturated heterocycles. The van der Waals surface area contributed by atoms with Gasteiger partial charge in [0.25, 0.3) is 0 Å². The Balaban J connectivity index is 2.28. The second kappa shape index (κ2) is 7.04. The summed E-state index contributed by atoms with van der Waals surface area (Å²) >= 11 is 0. The van der Waals surface area contributed by atoms with Crippen LogP contribution in [0.25, 0.3) is 0 Å². The Kier molecular flexibility index (Phi) is 5.55. The van der Waals surface area contributed by atoms with Crippen LogP contribution in [0, 0.1) is 0 Å². The highest BCUT2D eigenvalue weighted by Crippen LogP contribution is 2.43. The van der Waals surface area contributed by atoms with Crippen molar-refractivity contribution >= 4 is 5.69 Å². The van der Waals surface area contributed by atoms with Gasteiger partial charge in [0.15, 0.2) is 0 Å². The molecule has 0 unspecified atom stereocenters. The van der Waals surface area contributed by atoms with Crippen LogP contribution in [-0.4, -0.2) is 18.1 Å². The molecule has 0 saturated carbocycles. The number of hydrogen-bond donors (Lipinski definition) is 1. The van der Waals surface area contributed by atoms with Gasteiger partial charge in [-0.1, -0.05) is 46.2 Å². The number of benzene rings is 1. The predicted octanol–water partition coefficient (Wildman–Crippen LogP) is 5.08. The Morgan fingerprint density at radius 3 is 2.68 bits per heavy atom. The zero-order valence-corrected chi connectivity index (χ0v) is 15.4. The first-order chi connectivity index (χ1) is 10.3. The molecule has 1 aliphatic rings. The lowest BCUT2D eigenvalue weighted by Crippen LogP contribution is -2.48. The summed E-state index contributed by atoms with van der Waals surface area (Å²) in [5, 5.41) is 3.53. The van der Waals surface area contributed by atoms with Crippen molar-refractivity contribution < 1.29 is 0 Å². The van der Waals surface area contributed by atoms with Crippen LogP contribution in [0.1, 0.15) is 77.8 Å². The molecule has 124 valence electrons. The normalized spacial score (nSPS) is 20.3. The molecule has 1 atom stereocenters. The maximum Gasteiger partial charge on any atom is 0.0406 e. The second-order valence-electron chi connectivity index (χ2n) is 7.85. The average Bonchev–Trinajstić information content (AvgIpc) is 2.44. The van der Waals surface area contributed by atoms with E-state index in [4.69, 9.17) is 0 Å². The molecule has 1 N–H and O–H groups in total. The third-order valence-electron chi connectivity index (χ3n) is 4.90. The standard InChI is InChI=1S/C20H34N2/c1-7-8-11-22-19-10-9-17(14-21-15(2)3)12-18(19)16(4)13-20(22,5)6/h9-10,12,15-16,21H,7-8,11,13-14H2,1-6H3/t16-/m0/s1. The highest BCUT2D eigenvalue weighted by Gasteiger charge is 2.35. The van der Waals surface area contributed by atoms with Crippen LogP contribution in [-0.2, 0) is 6.54 Å². The monoisotopic (exact) mass is 302 g/mol. The quantitative estimate of drug-likeness (QED) is 0.788. The lowest BCUT2D eigenvalue weighted by Gasteiger charge is -2.48. The maximum absolute atomic E-state index is 3.53. The molecule has 2 nitrogen and oxygen atoms in total. The number of rotatable bonds is 6. The summed E-state index contributed by atoms with van der Waals surface area (Å²) < 4.78 is 0. The summed E-state index contributed by atoms with van der Waals surface area (Å²) in [4.78, 5) is 2.64. The van der Waals surface area contributed by atoms with Gasteiger partial charge in [-0.3, -0.25) is 0 Å². The zero-order valence-electron chi connectivity index (χ0n) is 15.4. The van der Waals surface area contributed by atoms with Crippen LogP contribution in [0.5, 0.6) is 0 Å². The highest BCUT2D eigenvalue weighted by molar-refractivity contribution is 5.60. The highest BCUT2D eigenvalue weighted by atomic mass is 15.2. The number of unbranched alkanes of at least 4 members (excludes halogenated alkanes) is 1. The Hall–Kier alpha value is -1.02. The van der Waals surface area contributed by atoms with Gasteiger partial charge in [-0.25, -0.2) is 0 Å². The predicted molar refractivity (Wildman–Crippen MR) is 97.8 cm³/mol. The van der Waals surface area contributed by atoms with Crippen molar-refractivity contribution in [2.75, 3.05) is 11.4 Å². The summed E-state index contributed by atoms with van der Waals surface area (Å²) in [6, 6.07) is 7.64. The SMILES string of the molecule is CCCCN1c2ccc(CNC(C)C)cc2[C@@H](C)CC1(C)C. The third-order valence-corrected chi connectivity index (χ3v) is 4.90. The molecular formula is C20H34N2. The number of nitrogens with one attached hydrogen (secondary N) is 1. The van der Waals surface area contributed by atoms with E-state index in [-0.39, 0.29) is 5.54 Å². The van der Waals surface area contributed by atoms with E-state index < -0.39 is 0 Å². The molecule has 22 heavy (non-hydrogen) atoms. The summed E-state index contributed by atoms with van der Waals surface area (Å²) in [6.07, 6.45) is 3.77. The molecular weight excluding hydrogens is 268 g/mol. The van der Waals surface area contributed by atoms with E-state index >= 15 is 0 Å². The smallest absolute Gasteiger partial charge is 0.0406 e. The van der Waals surface area contributed by atoms with Crippen LogP contribution in [0.4, 0.5) is 5.69 Å².